The van der Waals surface area contributed by atoms with E-state index in [4.69, 9.17) is 10.6 Å². The molecule has 20 heavy (non-hydrogen) atoms. The molecule has 6 heteroatoms. The third-order valence-corrected chi connectivity index (χ3v) is 3.15. The van der Waals surface area contributed by atoms with Gasteiger partial charge in [0, 0.05) is 25.2 Å². The summed E-state index contributed by atoms with van der Waals surface area (Å²) in [6.07, 6.45) is 3.22. The number of carbonyl (C=O) groups excluding carboxylic acids is 1. The molecule has 0 aliphatic carbocycles. The lowest BCUT2D eigenvalue weighted by atomic mass is 10.2. The normalized spacial score (nSPS) is 16.1. The van der Waals surface area contributed by atoms with Crippen LogP contribution in [-0.2, 0) is 9.63 Å². The van der Waals surface area contributed by atoms with Gasteiger partial charge in [-0.1, -0.05) is 0 Å². The van der Waals surface area contributed by atoms with E-state index in [1.54, 1.807) is 0 Å². The molecular weight excluding hydrogens is 261 g/mol. The molecule has 110 valence electrons. The maximum atomic E-state index is 13.4. The Balaban J connectivity index is 1.73. The van der Waals surface area contributed by atoms with Crippen molar-refractivity contribution in [1.82, 2.24) is 5.06 Å². The average Bonchev–Trinajstić information content (AvgIpc) is 2.44. The van der Waals surface area contributed by atoms with Gasteiger partial charge in [0.25, 0.3) is 0 Å². The summed E-state index contributed by atoms with van der Waals surface area (Å²) in [5, 5.41) is 4.42. The minimum atomic E-state index is -0.480. The SMILES string of the molecule is Nc1ccc(F)c(NC(=O)CCCN2CCCCO2)c1. The average molecular weight is 281 g/mol. The van der Waals surface area contributed by atoms with Gasteiger partial charge >= 0.3 is 0 Å². The van der Waals surface area contributed by atoms with Gasteiger partial charge in [0.05, 0.1) is 12.3 Å². The summed E-state index contributed by atoms with van der Waals surface area (Å²) in [5.41, 5.74) is 6.11. The molecule has 0 unspecified atom stereocenters. The van der Waals surface area contributed by atoms with E-state index in [0.29, 0.717) is 25.1 Å². The Morgan fingerprint density at radius 1 is 1.45 bits per heavy atom. The van der Waals surface area contributed by atoms with E-state index >= 15 is 0 Å². The first-order valence-electron chi connectivity index (χ1n) is 6.88. The van der Waals surface area contributed by atoms with Gasteiger partial charge in [-0.2, -0.15) is 5.06 Å². The second-order valence-corrected chi connectivity index (χ2v) is 4.86. The number of amides is 1. The van der Waals surface area contributed by atoms with Gasteiger partial charge in [-0.25, -0.2) is 4.39 Å². The van der Waals surface area contributed by atoms with Crippen molar-refractivity contribution in [3.8, 4) is 0 Å². The van der Waals surface area contributed by atoms with Crippen LogP contribution in [0.15, 0.2) is 18.2 Å². The lowest BCUT2D eigenvalue weighted by molar-refractivity contribution is -0.180. The van der Waals surface area contributed by atoms with Gasteiger partial charge < -0.3 is 11.1 Å². The van der Waals surface area contributed by atoms with Crippen LogP contribution in [0.3, 0.4) is 0 Å². The molecule has 1 amide bonds. The number of nitrogens with zero attached hydrogens (tertiary/aromatic N) is 1. The molecule has 1 aromatic rings. The predicted octanol–water partition coefficient (Wildman–Crippen LogP) is 2.15. The predicted molar refractivity (Wildman–Crippen MR) is 75.4 cm³/mol. The summed E-state index contributed by atoms with van der Waals surface area (Å²) in [4.78, 5) is 17.2. The summed E-state index contributed by atoms with van der Waals surface area (Å²) in [7, 11) is 0. The first kappa shape index (κ1) is 14.7. The molecule has 0 radical (unpaired) electrons. The molecule has 1 aliphatic rings. The van der Waals surface area contributed by atoms with Crippen molar-refractivity contribution in [2.24, 2.45) is 0 Å². The number of nitrogen functional groups attached to an aromatic ring is 1. The molecule has 0 saturated carbocycles. The van der Waals surface area contributed by atoms with E-state index in [1.807, 2.05) is 5.06 Å². The van der Waals surface area contributed by atoms with Crippen LogP contribution in [0.25, 0.3) is 0 Å². The Morgan fingerprint density at radius 3 is 3.05 bits per heavy atom. The summed E-state index contributed by atoms with van der Waals surface area (Å²) >= 11 is 0. The highest BCUT2D eigenvalue weighted by Crippen LogP contribution is 2.17. The number of rotatable bonds is 5. The lowest BCUT2D eigenvalue weighted by Gasteiger charge is -2.25. The first-order chi connectivity index (χ1) is 9.65. The van der Waals surface area contributed by atoms with Gasteiger partial charge in [0.15, 0.2) is 0 Å². The number of hydrogen-bond acceptors (Lipinski definition) is 4. The monoisotopic (exact) mass is 281 g/mol. The highest BCUT2D eigenvalue weighted by molar-refractivity contribution is 5.91. The Morgan fingerprint density at radius 2 is 2.30 bits per heavy atom. The zero-order valence-electron chi connectivity index (χ0n) is 11.4. The Hall–Kier alpha value is -1.66. The molecule has 3 N–H and O–H groups in total. The quantitative estimate of drug-likeness (QED) is 0.812. The van der Waals surface area contributed by atoms with Crippen LogP contribution in [0.2, 0.25) is 0 Å². The molecule has 1 saturated heterocycles. The number of benzene rings is 1. The zero-order valence-corrected chi connectivity index (χ0v) is 11.4. The van der Waals surface area contributed by atoms with Crippen molar-refractivity contribution in [1.29, 1.82) is 0 Å². The van der Waals surface area contributed by atoms with E-state index < -0.39 is 5.82 Å². The van der Waals surface area contributed by atoms with Crippen LogP contribution in [-0.4, -0.2) is 30.7 Å². The zero-order chi connectivity index (χ0) is 14.4. The van der Waals surface area contributed by atoms with Gasteiger partial charge in [0.2, 0.25) is 5.91 Å². The number of nitrogens with two attached hydrogens (primary N) is 1. The largest absolute Gasteiger partial charge is 0.399 e. The molecular formula is C14H20FN3O2. The minimum absolute atomic E-state index is 0.129. The highest BCUT2D eigenvalue weighted by atomic mass is 19.1. The number of hydroxylamine groups is 2. The van der Waals surface area contributed by atoms with Crippen molar-refractivity contribution in [3.63, 3.8) is 0 Å². The van der Waals surface area contributed by atoms with Crippen LogP contribution in [0.5, 0.6) is 0 Å². The Labute approximate surface area is 117 Å². The first-order valence-corrected chi connectivity index (χ1v) is 6.88. The van der Waals surface area contributed by atoms with Gasteiger partial charge in [-0.3, -0.25) is 9.63 Å². The molecule has 1 aliphatic heterocycles. The summed E-state index contributed by atoms with van der Waals surface area (Å²) < 4.78 is 13.4. The van der Waals surface area contributed by atoms with Crippen LogP contribution in [0, 0.1) is 5.82 Å². The number of hydrogen-bond donors (Lipinski definition) is 2. The molecule has 1 aromatic carbocycles. The van der Waals surface area contributed by atoms with Gasteiger partial charge in [0.1, 0.15) is 5.82 Å². The van der Waals surface area contributed by atoms with Crippen molar-refractivity contribution < 1.29 is 14.0 Å². The topological polar surface area (TPSA) is 67.6 Å². The van der Waals surface area contributed by atoms with E-state index in [0.717, 1.165) is 26.0 Å². The van der Waals surface area contributed by atoms with Crippen LogP contribution >= 0.6 is 0 Å². The fraction of sp³-hybridized carbons (Fsp3) is 0.500. The Bertz CT molecular complexity index is 462. The maximum Gasteiger partial charge on any atom is 0.224 e. The summed E-state index contributed by atoms with van der Waals surface area (Å²) in [5.74, 6) is -0.696. The van der Waals surface area contributed by atoms with E-state index in [1.165, 1.54) is 18.2 Å². The number of carbonyl (C=O) groups is 1. The van der Waals surface area contributed by atoms with E-state index in [2.05, 4.69) is 5.32 Å². The fourth-order valence-electron chi connectivity index (χ4n) is 2.09. The molecule has 0 aromatic heterocycles. The Kier molecular flexibility index (Phi) is 5.31. The van der Waals surface area contributed by atoms with E-state index in [9.17, 15) is 9.18 Å². The van der Waals surface area contributed by atoms with E-state index in [-0.39, 0.29) is 11.6 Å². The molecule has 5 nitrogen and oxygen atoms in total. The third kappa shape index (κ3) is 4.47. The summed E-state index contributed by atoms with van der Waals surface area (Å²) in [6, 6.07) is 4.12. The molecule has 0 bridgehead atoms. The van der Waals surface area contributed by atoms with Gasteiger partial charge in [-0.15, -0.1) is 0 Å². The maximum absolute atomic E-state index is 13.4. The van der Waals surface area contributed by atoms with Crippen LogP contribution in [0.1, 0.15) is 25.7 Å². The molecule has 0 spiro atoms. The second-order valence-electron chi connectivity index (χ2n) is 4.86. The van der Waals surface area contributed by atoms with Crippen LogP contribution in [0.4, 0.5) is 15.8 Å². The molecule has 0 atom stereocenters. The number of halogens is 1. The number of nitrogens with one attached hydrogen (secondary N) is 1. The van der Waals surface area contributed by atoms with Crippen molar-refractivity contribution >= 4 is 17.3 Å². The van der Waals surface area contributed by atoms with Crippen LogP contribution < -0.4 is 11.1 Å². The van der Waals surface area contributed by atoms with Crippen molar-refractivity contribution in [3.05, 3.63) is 24.0 Å². The lowest BCUT2D eigenvalue weighted by Crippen LogP contribution is -2.31. The molecule has 1 heterocycles. The van der Waals surface area contributed by atoms with Gasteiger partial charge in [-0.05, 0) is 37.5 Å². The smallest absolute Gasteiger partial charge is 0.224 e. The van der Waals surface area contributed by atoms with Crippen molar-refractivity contribution in [2.75, 3.05) is 30.7 Å². The number of anilines is 2. The standard InChI is InChI=1S/C14H20FN3O2/c15-12-6-5-11(16)10-13(12)17-14(19)4-3-8-18-7-1-2-9-20-18/h5-6,10H,1-4,7-9,16H2,(H,17,19). The third-order valence-electron chi connectivity index (χ3n) is 3.15. The fourth-order valence-corrected chi connectivity index (χ4v) is 2.09. The summed E-state index contributed by atoms with van der Waals surface area (Å²) in [6.45, 7) is 2.37. The highest BCUT2D eigenvalue weighted by Gasteiger charge is 2.12. The minimum Gasteiger partial charge on any atom is -0.399 e. The second kappa shape index (κ2) is 7.21. The van der Waals surface area contributed by atoms with Crippen molar-refractivity contribution in [2.45, 2.75) is 25.7 Å². The molecule has 1 fully saturated rings. The molecule has 2 rings (SSSR count).